The zero-order chi connectivity index (χ0) is 18.7. The summed E-state index contributed by atoms with van der Waals surface area (Å²) in [6.07, 6.45) is 0. The number of anilines is 2. The minimum Gasteiger partial charge on any atom is -0.478 e. The van der Waals surface area contributed by atoms with Crippen LogP contribution < -0.4 is 5.32 Å². The van der Waals surface area contributed by atoms with Crippen molar-refractivity contribution in [1.82, 2.24) is 9.97 Å². The molecule has 0 radical (unpaired) electrons. The molecule has 0 saturated carbocycles. The Bertz CT molecular complexity index is 917. The van der Waals surface area contributed by atoms with Crippen molar-refractivity contribution in [3.63, 3.8) is 0 Å². The number of benzene rings is 2. The van der Waals surface area contributed by atoms with Gasteiger partial charge in [-0.1, -0.05) is 43.7 Å². The molecule has 0 amide bonds. The van der Waals surface area contributed by atoms with Gasteiger partial charge >= 0.3 is 5.97 Å². The van der Waals surface area contributed by atoms with Crippen LogP contribution in [0, 0.1) is 6.92 Å². The first kappa shape index (κ1) is 17.6. The highest BCUT2D eigenvalue weighted by Gasteiger charge is 2.10. The van der Waals surface area contributed by atoms with Crippen LogP contribution in [0.5, 0.6) is 0 Å². The first-order valence-corrected chi connectivity index (χ1v) is 8.49. The predicted molar refractivity (Wildman–Crippen MR) is 103 cm³/mol. The standard InChI is InChI=1S/C21H21N3O2/c1-13(2)18-12-19(22-17-10-8-16(9-11-17)21(25)26)24-20(23-18)15-6-4-14(3)5-7-15/h4-13H,1-3H3,(H,25,26)(H,22,23,24). The number of carboxylic acid groups (broad SMARTS) is 1. The van der Waals surface area contributed by atoms with Crippen molar-refractivity contribution in [3.8, 4) is 11.4 Å². The number of aryl methyl sites for hydroxylation is 1. The van der Waals surface area contributed by atoms with E-state index in [2.05, 4.69) is 29.1 Å². The highest BCUT2D eigenvalue weighted by molar-refractivity contribution is 5.88. The van der Waals surface area contributed by atoms with Crippen molar-refractivity contribution in [3.05, 3.63) is 71.4 Å². The summed E-state index contributed by atoms with van der Waals surface area (Å²) < 4.78 is 0. The second kappa shape index (κ2) is 7.35. The Balaban J connectivity index is 1.95. The topological polar surface area (TPSA) is 75.1 Å². The Morgan fingerprint density at radius 1 is 1.00 bits per heavy atom. The van der Waals surface area contributed by atoms with E-state index >= 15 is 0 Å². The maximum Gasteiger partial charge on any atom is 0.335 e. The second-order valence-corrected chi connectivity index (χ2v) is 6.53. The van der Waals surface area contributed by atoms with Crippen molar-refractivity contribution in [2.45, 2.75) is 26.7 Å². The lowest BCUT2D eigenvalue weighted by atomic mass is 10.1. The van der Waals surface area contributed by atoms with Crippen LogP contribution in [0.3, 0.4) is 0 Å². The fraction of sp³-hybridized carbons (Fsp3) is 0.190. The fourth-order valence-electron chi connectivity index (χ4n) is 2.50. The number of nitrogens with one attached hydrogen (secondary N) is 1. The van der Waals surface area contributed by atoms with E-state index in [0.29, 0.717) is 11.6 Å². The maximum absolute atomic E-state index is 11.0. The van der Waals surface area contributed by atoms with E-state index in [4.69, 9.17) is 5.11 Å². The van der Waals surface area contributed by atoms with E-state index in [1.165, 1.54) is 5.56 Å². The summed E-state index contributed by atoms with van der Waals surface area (Å²) in [6.45, 7) is 6.22. The minimum atomic E-state index is -0.942. The molecule has 0 aliphatic rings. The summed E-state index contributed by atoms with van der Waals surface area (Å²) in [5.74, 6) is 0.669. The first-order chi connectivity index (χ1) is 12.4. The number of hydrogen-bond donors (Lipinski definition) is 2. The molecule has 1 aromatic heterocycles. The number of hydrogen-bond acceptors (Lipinski definition) is 4. The molecule has 5 heteroatoms. The van der Waals surface area contributed by atoms with E-state index in [0.717, 1.165) is 16.9 Å². The van der Waals surface area contributed by atoms with Crippen molar-refractivity contribution in [2.75, 3.05) is 5.32 Å². The van der Waals surface area contributed by atoms with Gasteiger partial charge in [0.25, 0.3) is 0 Å². The lowest BCUT2D eigenvalue weighted by Crippen LogP contribution is -2.03. The summed E-state index contributed by atoms with van der Waals surface area (Å²) >= 11 is 0. The maximum atomic E-state index is 11.0. The van der Waals surface area contributed by atoms with Crippen LogP contribution in [0.4, 0.5) is 11.5 Å². The molecule has 0 saturated heterocycles. The predicted octanol–water partition coefficient (Wildman–Crippen LogP) is 5.02. The Labute approximate surface area is 152 Å². The molecule has 0 aliphatic carbocycles. The smallest absolute Gasteiger partial charge is 0.335 e. The van der Waals surface area contributed by atoms with E-state index in [-0.39, 0.29) is 11.5 Å². The minimum absolute atomic E-state index is 0.251. The average Bonchev–Trinajstić information content (AvgIpc) is 2.62. The third-order valence-corrected chi connectivity index (χ3v) is 4.05. The normalized spacial score (nSPS) is 10.8. The molecular weight excluding hydrogens is 326 g/mol. The molecule has 0 aliphatic heterocycles. The molecular formula is C21H21N3O2. The quantitative estimate of drug-likeness (QED) is 0.678. The molecule has 2 N–H and O–H groups in total. The van der Waals surface area contributed by atoms with Crippen LogP contribution in [0.15, 0.2) is 54.6 Å². The third kappa shape index (κ3) is 4.06. The summed E-state index contributed by atoms with van der Waals surface area (Å²) in [5.41, 5.74) is 4.12. The van der Waals surface area contributed by atoms with Crippen LogP contribution in [0.25, 0.3) is 11.4 Å². The van der Waals surface area contributed by atoms with Gasteiger partial charge in [0.2, 0.25) is 0 Å². The van der Waals surface area contributed by atoms with Gasteiger partial charge in [-0.05, 0) is 37.1 Å². The van der Waals surface area contributed by atoms with Crippen LogP contribution in [0.2, 0.25) is 0 Å². The largest absolute Gasteiger partial charge is 0.478 e. The van der Waals surface area contributed by atoms with Crippen LogP contribution in [0.1, 0.15) is 41.4 Å². The van der Waals surface area contributed by atoms with Crippen LogP contribution >= 0.6 is 0 Å². The van der Waals surface area contributed by atoms with Crippen molar-refractivity contribution < 1.29 is 9.90 Å². The molecule has 3 aromatic rings. The Morgan fingerprint density at radius 3 is 2.23 bits per heavy atom. The Morgan fingerprint density at radius 2 is 1.65 bits per heavy atom. The second-order valence-electron chi connectivity index (χ2n) is 6.53. The molecule has 2 aromatic carbocycles. The van der Waals surface area contributed by atoms with E-state index in [1.54, 1.807) is 24.3 Å². The van der Waals surface area contributed by atoms with Crippen molar-refractivity contribution in [1.29, 1.82) is 0 Å². The molecule has 1 heterocycles. The van der Waals surface area contributed by atoms with Gasteiger partial charge < -0.3 is 10.4 Å². The number of carboxylic acids is 1. The number of carbonyl (C=O) groups is 1. The number of aromatic nitrogens is 2. The number of aromatic carboxylic acids is 1. The summed E-state index contributed by atoms with van der Waals surface area (Å²) in [7, 11) is 0. The van der Waals surface area contributed by atoms with Gasteiger partial charge in [-0.25, -0.2) is 14.8 Å². The highest BCUT2D eigenvalue weighted by atomic mass is 16.4. The third-order valence-electron chi connectivity index (χ3n) is 4.05. The molecule has 3 rings (SSSR count). The molecule has 0 unspecified atom stereocenters. The van der Waals surface area contributed by atoms with Crippen molar-refractivity contribution >= 4 is 17.5 Å². The zero-order valence-corrected chi connectivity index (χ0v) is 15.0. The first-order valence-electron chi connectivity index (χ1n) is 8.49. The van der Waals surface area contributed by atoms with Crippen LogP contribution in [-0.4, -0.2) is 21.0 Å². The van der Waals surface area contributed by atoms with E-state index in [1.807, 2.05) is 37.3 Å². The molecule has 132 valence electrons. The fourth-order valence-corrected chi connectivity index (χ4v) is 2.50. The summed E-state index contributed by atoms with van der Waals surface area (Å²) in [5, 5.41) is 12.2. The average molecular weight is 347 g/mol. The van der Waals surface area contributed by atoms with E-state index < -0.39 is 5.97 Å². The van der Waals surface area contributed by atoms with Gasteiger partial charge in [0.15, 0.2) is 5.82 Å². The Kier molecular flexibility index (Phi) is 4.98. The zero-order valence-electron chi connectivity index (χ0n) is 15.0. The molecule has 26 heavy (non-hydrogen) atoms. The van der Waals surface area contributed by atoms with Gasteiger partial charge in [0, 0.05) is 23.0 Å². The lowest BCUT2D eigenvalue weighted by Gasteiger charge is -2.12. The summed E-state index contributed by atoms with van der Waals surface area (Å²) in [6, 6.07) is 16.6. The van der Waals surface area contributed by atoms with Gasteiger partial charge in [-0.15, -0.1) is 0 Å². The van der Waals surface area contributed by atoms with Crippen molar-refractivity contribution in [2.24, 2.45) is 0 Å². The number of rotatable bonds is 5. The number of nitrogens with zero attached hydrogens (tertiary/aromatic N) is 2. The van der Waals surface area contributed by atoms with Gasteiger partial charge in [0.1, 0.15) is 5.82 Å². The monoisotopic (exact) mass is 347 g/mol. The van der Waals surface area contributed by atoms with Gasteiger partial charge in [-0.3, -0.25) is 0 Å². The van der Waals surface area contributed by atoms with Crippen LogP contribution in [-0.2, 0) is 0 Å². The Hall–Kier alpha value is -3.21. The molecule has 0 bridgehead atoms. The highest BCUT2D eigenvalue weighted by Crippen LogP contribution is 2.24. The lowest BCUT2D eigenvalue weighted by molar-refractivity contribution is 0.0697. The summed E-state index contributed by atoms with van der Waals surface area (Å²) in [4.78, 5) is 20.3. The van der Waals surface area contributed by atoms with E-state index in [9.17, 15) is 4.79 Å². The molecule has 0 spiro atoms. The molecule has 0 fully saturated rings. The SMILES string of the molecule is Cc1ccc(-c2nc(Nc3ccc(C(=O)O)cc3)cc(C(C)C)n2)cc1. The molecule has 5 nitrogen and oxygen atoms in total. The van der Waals surface area contributed by atoms with Gasteiger partial charge in [-0.2, -0.15) is 0 Å². The molecule has 0 atom stereocenters. The van der Waals surface area contributed by atoms with Gasteiger partial charge in [0.05, 0.1) is 5.56 Å².